The van der Waals surface area contributed by atoms with Gasteiger partial charge in [-0.05, 0) is 82.8 Å². The molecule has 1 fully saturated rings. The van der Waals surface area contributed by atoms with Crippen molar-refractivity contribution in [2.75, 3.05) is 33.9 Å². The van der Waals surface area contributed by atoms with Gasteiger partial charge in [-0.3, -0.25) is 19.2 Å². The molecule has 1 amide bonds. The fourth-order valence-corrected chi connectivity index (χ4v) is 6.06. The van der Waals surface area contributed by atoms with Crippen LogP contribution in [0.3, 0.4) is 0 Å². The molecule has 0 bridgehead atoms. The molecule has 1 saturated heterocycles. The van der Waals surface area contributed by atoms with Crippen LogP contribution >= 0.6 is 0 Å². The van der Waals surface area contributed by atoms with Crippen LogP contribution in [-0.4, -0.2) is 75.9 Å². The maximum atomic E-state index is 14.0. The Morgan fingerprint density at radius 3 is 2.40 bits per heavy atom. The van der Waals surface area contributed by atoms with Crippen LogP contribution in [0.15, 0.2) is 65.6 Å². The summed E-state index contributed by atoms with van der Waals surface area (Å²) in [5.74, 6) is -0.0883. The first-order valence-corrected chi connectivity index (χ1v) is 16.3. The number of carbonyl (C=O) groups is 2. The first-order chi connectivity index (χ1) is 23.0. The average molecular weight is 656 g/mol. The number of hydrogen-bond donors (Lipinski definition) is 0. The van der Waals surface area contributed by atoms with E-state index in [0.717, 1.165) is 38.0 Å². The van der Waals surface area contributed by atoms with Gasteiger partial charge in [0, 0.05) is 24.8 Å². The van der Waals surface area contributed by atoms with Gasteiger partial charge < -0.3 is 19.1 Å². The summed E-state index contributed by atoms with van der Waals surface area (Å²) >= 11 is 0. The molecule has 0 spiro atoms. The standard InChI is InChI=1S/C37H45N5O6/c1-25-12-13-28(31(20-25)46-5)23-42-33(35(44)47-6)39-32-29(34(42)43)14-17-38-30(32)24-41(36(45)48-37(2,3)4)22-27-15-18-40(19-16-27)21-26-10-8-7-9-11-26/h7-14,17,20,27H,15-16,18-19,21-24H2,1-6H3. The second kappa shape index (κ2) is 15.0. The van der Waals surface area contributed by atoms with Crippen molar-refractivity contribution in [2.24, 2.45) is 5.92 Å². The van der Waals surface area contributed by atoms with Crippen LogP contribution in [-0.2, 0) is 29.1 Å². The molecule has 1 aliphatic rings. The van der Waals surface area contributed by atoms with Crippen molar-refractivity contribution in [3.63, 3.8) is 0 Å². The zero-order chi connectivity index (χ0) is 34.4. The fraction of sp³-hybridized carbons (Fsp3) is 0.432. The van der Waals surface area contributed by atoms with Gasteiger partial charge in [0.1, 0.15) is 16.9 Å². The minimum Gasteiger partial charge on any atom is -0.496 e. The number of aromatic nitrogens is 3. The van der Waals surface area contributed by atoms with E-state index in [1.807, 2.05) is 52.0 Å². The molecule has 0 N–H and O–H groups in total. The monoisotopic (exact) mass is 655 g/mol. The van der Waals surface area contributed by atoms with Crippen LogP contribution in [0.1, 0.15) is 66.6 Å². The molecule has 5 rings (SSSR count). The van der Waals surface area contributed by atoms with Gasteiger partial charge in [0.05, 0.1) is 38.4 Å². The number of amides is 1. The molecule has 0 atom stereocenters. The van der Waals surface area contributed by atoms with Crippen molar-refractivity contribution in [3.05, 3.63) is 99.4 Å². The number of rotatable bonds is 10. The lowest BCUT2D eigenvalue weighted by Crippen LogP contribution is -2.42. The van der Waals surface area contributed by atoms with E-state index in [2.05, 4.69) is 39.1 Å². The first kappa shape index (κ1) is 34.6. The van der Waals surface area contributed by atoms with Gasteiger partial charge in [-0.2, -0.15) is 0 Å². The van der Waals surface area contributed by atoms with E-state index >= 15 is 0 Å². The van der Waals surface area contributed by atoms with Crippen LogP contribution in [0.5, 0.6) is 5.75 Å². The number of likely N-dealkylation sites (tertiary alicyclic amines) is 1. The highest BCUT2D eigenvalue weighted by Crippen LogP contribution is 2.25. The Labute approximate surface area is 281 Å². The molecule has 48 heavy (non-hydrogen) atoms. The van der Waals surface area contributed by atoms with Gasteiger partial charge in [0.15, 0.2) is 0 Å². The van der Waals surface area contributed by atoms with Gasteiger partial charge in [0.25, 0.3) is 5.56 Å². The van der Waals surface area contributed by atoms with Gasteiger partial charge in [-0.1, -0.05) is 42.5 Å². The molecule has 0 aliphatic carbocycles. The number of fused-ring (bicyclic) bond motifs is 1. The summed E-state index contributed by atoms with van der Waals surface area (Å²) in [6.07, 6.45) is 2.91. The van der Waals surface area contributed by atoms with Crippen LogP contribution in [0.25, 0.3) is 10.9 Å². The Kier molecular flexibility index (Phi) is 10.8. The predicted octanol–water partition coefficient (Wildman–Crippen LogP) is 5.59. The average Bonchev–Trinajstić information content (AvgIpc) is 3.06. The molecule has 0 unspecified atom stereocenters. The fourth-order valence-electron chi connectivity index (χ4n) is 6.06. The zero-order valence-corrected chi connectivity index (χ0v) is 28.7. The topological polar surface area (TPSA) is 116 Å². The number of esters is 1. The molecule has 1 aliphatic heterocycles. The maximum Gasteiger partial charge on any atom is 0.410 e. The van der Waals surface area contributed by atoms with Gasteiger partial charge in [-0.25, -0.2) is 14.6 Å². The highest BCUT2D eigenvalue weighted by molar-refractivity contribution is 5.89. The summed E-state index contributed by atoms with van der Waals surface area (Å²) in [5.41, 5.74) is 2.48. The number of piperidine rings is 1. The number of carbonyl (C=O) groups excluding carboxylic acids is 2. The summed E-state index contributed by atoms with van der Waals surface area (Å²) in [5, 5.41) is 0.275. The number of benzene rings is 2. The van der Waals surface area contributed by atoms with Crippen LogP contribution in [0, 0.1) is 12.8 Å². The number of methoxy groups -OCH3 is 2. The third-order valence-electron chi connectivity index (χ3n) is 8.52. The second-order valence-corrected chi connectivity index (χ2v) is 13.4. The van der Waals surface area contributed by atoms with Crippen LogP contribution in [0.2, 0.25) is 0 Å². The van der Waals surface area contributed by atoms with E-state index in [-0.39, 0.29) is 35.7 Å². The summed E-state index contributed by atoms with van der Waals surface area (Å²) in [7, 11) is 2.80. The molecular weight excluding hydrogens is 610 g/mol. The van der Waals surface area contributed by atoms with Crippen molar-refractivity contribution < 1.29 is 23.8 Å². The highest BCUT2D eigenvalue weighted by atomic mass is 16.6. The molecule has 254 valence electrons. The third kappa shape index (κ3) is 8.38. The lowest BCUT2D eigenvalue weighted by Gasteiger charge is -2.35. The lowest BCUT2D eigenvalue weighted by molar-refractivity contribution is 0.0172. The van der Waals surface area contributed by atoms with Crippen LogP contribution in [0.4, 0.5) is 4.79 Å². The van der Waals surface area contributed by atoms with Gasteiger partial charge in [0.2, 0.25) is 5.82 Å². The molecule has 0 saturated carbocycles. The number of aryl methyl sites for hydroxylation is 1. The molecule has 11 heteroatoms. The minimum atomic E-state index is -0.763. The Balaban J connectivity index is 1.45. The third-order valence-corrected chi connectivity index (χ3v) is 8.52. The Morgan fingerprint density at radius 1 is 1.00 bits per heavy atom. The summed E-state index contributed by atoms with van der Waals surface area (Å²) in [6.45, 7) is 10.7. The molecular formula is C37H45N5O6. The van der Waals surface area contributed by atoms with Crippen molar-refractivity contribution in [2.45, 2.75) is 65.8 Å². The van der Waals surface area contributed by atoms with Crippen molar-refractivity contribution >= 4 is 23.0 Å². The molecule has 2 aromatic heterocycles. The van der Waals surface area contributed by atoms with E-state index in [9.17, 15) is 14.4 Å². The minimum absolute atomic E-state index is 0.0420. The van der Waals surface area contributed by atoms with Gasteiger partial charge >= 0.3 is 12.1 Å². The van der Waals surface area contributed by atoms with Crippen molar-refractivity contribution in [1.82, 2.24) is 24.3 Å². The van der Waals surface area contributed by atoms with E-state index in [1.165, 1.54) is 23.4 Å². The Morgan fingerprint density at radius 2 is 1.73 bits per heavy atom. The summed E-state index contributed by atoms with van der Waals surface area (Å²) in [6, 6.07) is 17.6. The molecule has 3 heterocycles. The normalized spacial score (nSPS) is 14.1. The number of hydrogen-bond acceptors (Lipinski definition) is 9. The number of pyridine rings is 1. The SMILES string of the molecule is COC(=O)c1nc2c(CN(CC3CCN(Cc4ccccc4)CC3)C(=O)OC(C)(C)C)nccc2c(=O)n1Cc1ccc(C)cc1OC. The Bertz CT molecular complexity index is 1810. The van der Waals surface area contributed by atoms with Crippen molar-refractivity contribution in [3.8, 4) is 5.75 Å². The maximum absolute atomic E-state index is 14.0. The predicted molar refractivity (Wildman–Crippen MR) is 183 cm³/mol. The number of nitrogens with zero attached hydrogens (tertiary/aromatic N) is 5. The van der Waals surface area contributed by atoms with E-state index in [4.69, 9.17) is 14.2 Å². The quantitative estimate of drug-likeness (QED) is 0.202. The zero-order valence-electron chi connectivity index (χ0n) is 28.7. The smallest absolute Gasteiger partial charge is 0.410 e. The van der Waals surface area contributed by atoms with Gasteiger partial charge in [-0.15, -0.1) is 0 Å². The molecule has 4 aromatic rings. The summed E-state index contributed by atoms with van der Waals surface area (Å²) in [4.78, 5) is 54.0. The summed E-state index contributed by atoms with van der Waals surface area (Å²) < 4.78 is 17.7. The largest absolute Gasteiger partial charge is 0.496 e. The van der Waals surface area contributed by atoms with E-state index < -0.39 is 23.2 Å². The highest BCUT2D eigenvalue weighted by Gasteiger charge is 2.29. The first-order valence-electron chi connectivity index (χ1n) is 16.3. The lowest BCUT2D eigenvalue weighted by atomic mass is 9.95. The van der Waals surface area contributed by atoms with Crippen LogP contribution < -0.4 is 10.3 Å². The molecule has 11 nitrogen and oxygen atoms in total. The molecule has 2 aromatic carbocycles. The second-order valence-electron chi connectivity index (χ2n) is 13.4. The van der Waals surface area contributed by atoms with E-state index in [0.29, 0.717) is 23.6 Å². The van der Waals surface area contributed by atoms with E-state index in [1.54, 1.807) is 18.1 Å². The Hall–Kier alpha value is -4.77. The molecule has 0 radical (unpaired) electrons. The number of ether oxygens (including phenoxy) is 3. The van der Waals surface area contributed by atoms with Crippen molar-refractivity contribution in [1.29, 1.82) is 0 Å².